The van der Waals surface area contributed by atoms with Crippen molar-refractivity contribution < 1.29 is 9.50 Å². The molecule has 0 amide bonds. The zero-order valence-electron chi connectivity index (χ0n) is 7.38. The second-order valence-electron chi connectivity index (χ2n) is 4.27. The van der Waals surface area contributed by atoms with E-state index in [1.165, 1.54) is 6.42 Å². The fraction of sp³-hybridized carbons (Fsp3) is 1.00. The summed E-state index contributed by atoms with van der Waals surface area (Å²) in [4.78, 5) is 0. The summed E-state index contributed by atoms with van der Waals surface area (Å²) in [6.07, 6.45) is 4.83. The first-order valence-electron chi connectivity index (χ1n) is 5.11. The Morgan fingerprint density at radius 2 is 1.58 bits per heavy atom. The van der Waals surface area contributed by atoms with Crippen molar-refractivity contribution in [3.8, 4) is 0 Å². The van der Waals surface area contributed by atoms with Gasteiger partial charge in [-0.15, -0.1) is 0 Å². The number of halogens is 1. The number of alkyl halides is 1. The molecule has 0 bridgehead atoms. The molecule has 0 saturated heterocycles. The van der Waals surface area contributed by atoms with Gasteiger partial charge in [0.05, 0.1) is 6.10 Å². The minimum absolute atomic E-state index is 0.183. The molecule has 2 unspecified atom stereocenters. The highest BCUT2D eigenvalue weighted by atomic mass is 19.1. The van der Waals surface area contributed by atoms with E-state index in [0.717, 1.165) is 19.3 Å². The molecule has 2 heteroatoms. The van der Waals surface area contributed by atoms with Crippen molar-refractivity contribution in [1.82, 2.24) is 0 Å². The Morgan fingerprint density at radius 1 is 0.917 bits per heavy atom. The first-order chi connectivity index (χ1) is 5.79. The highest BCUT2D eigenvalue weighted by Crippen LogP contribution is 2.41. The van der Waals surface area contributed by atoms with Crippen LogP contribution in [0.1, 0.15) is 38.5 Å². The van der Waals surface area contributed by atoms with Crippen LogP contribution in [0.25, 0.3) is 0 Å². The van der Waals surface area contributed by atoms with Crippen molar-refractivity contribution in [3.63, 3.8) is 0 Å². The number of rotatable bonds is 0. The molecule has 12 heavy (non-hydrogen) atoms. The SMILES string of the molecule is O[C@H]1CC[C@H](F)C2CCCCC21. The molecule has 2 aliphatic carbocycles. The van der Waals surface area contributed by atoms with Gasteiger partial charge in [0.25, 0.3) is 0 Å². The van der Waals surface area contributed by atoms with Crippen molar-refractivity contribution in [2.75, 3.05) is 0 Å². The van der Waals surface area contributed by atoms with E-state index in [2.05, 4.69) is 0 Å². The van der Waals surface area contributed by atoms with Crippen LogP contribution in [0.2, 0.25) is 0 Å². The van der Waals surface area contributed by atoms with Crippen LogP contribution in [-0.2, 0) is 0 Å². The van der Waals surface area contributed by atoms with Crippen LogP contribution >= 0.6 is 0 Å². The summed E-state index contributed by atoms with van der Waals surface area (Å²) in [6.45, 7) is 0. The van der Waals surface area contributed by atoms with E-state index >= 15 is 0 Å². The number of hydrogen-bond donors (Lipinski definition) is 1. The van der Waals surface area contributed by atoms with Gasteiger partial charge in [-0.25, -0.2) is 4.39 Å². The number of aliphatic hydroxyl groups excluding tert-OH is 1. The standard InChI is InChI=1S/C10H17FO/c11-9-5-6-10(12)8-4-2-1-3-7(8)9/h7-10,12H,1-6H2/t7?,8?,9-,10-/m0/s1. The highest BCUT2D eigenvalue weighted by Gasteiger charge is 2.39. The topological polar surface area (TPSA) is 20.2 Å². The van der Waals surface area contributed by atoms with Gasteiger partial charge in [0, 0.05) is 0 Å². The molecule has 0 spiro atoms. The molecule has 1 N–H and O–H groups in total. The van der Waals surface area contributed by atoms with E-state index in [0.29, 0.717) is 12.8 Å². The van der Waals surface area contributed by atoms with Crippen LogP contribution in [0.4, 0.5) is 4.39 Å². The van der Waals surface area contributed by atoms with E-state index in [-0.39, 0.29) is 17.9 Å². The first-order valence-corrected chi connectivity index (χ1v) is 5.11. The van der Waals surface area contributed by atoms with Crippen LogP contribution in [0.5, 0.6) is 0 Å². The fourth-order valence-electron chi connectivity index (χ4n) is 2.87. The van der Waals surface area contributed by atoms with Gasteiger partial charge in [-0.05, 0) is 37.5 Å². The maximum atomic E-state index is 13.4. The molecule has 0 aromatic rings. The van der Waals surface area contributed by atoms with Gasteiger partial charge in [0.2, 0.25) is 0 Å². The third-order valence-corrected chi connectivity index (χ3v) is 3.57. The van der Waals surface area contributed by atoms with Crippen molar-refractivity contribution in [2.24, 2.45) is 11.8 Å². The summed E-state index contributed by atoms with van der Waals surface area (Å²) in [5, 5.41) is 9.66. The highest BCUT2D eigenvalue weighted by molar-refractivity contribution is 4.89. The van der Waals surface area contributed by atoms with Gasteiger partial charge in [-0.2, -0.15) is 0 Å². The van der Waals surface area contributed by atoms with Gasteiger partial charge in [-0.3, -0.25) is 0 Å². The van der Waals surface area contributed by atoms with Crippen LogP contribution in [0.3, 0.4) is 0 Å². The van der Waals surface area contributed by atoms with Gasteiger partial charge < -0.3 is 5.11 Å². The largest absolute Gasteiger partial charge is 0.393 e. The van der Waals surface area contributed by atoms with Crippen molar-refractivity contribution in [3.05, 3.63) is 0 Å². The van der Waals surface area contributed by atoms with E-state index in [1.54, 1.807) is 0 Å². The Kier molecular flexibility index (Phi) is 2.35. The molecule has 2 saturated carbocycles. The maximum absolute atomic E-state index is 13.4. The predicted octanol–water partition coefficient (Wildman–Crippen LogP) is 2.29. The van der Waals surface area contributed by atoms with Crippen molar-refractivity contribution in [2.45, 2.75) is 50.8 Å². The second kappa shape index (κ2) is 3.33. The molecule has 2 aliphatic rings. The molecular formula is C10H17FO. The van der Waals surface area contributed by atoms with Gasteiger partial charge in [0.1, 0.15) is 6.17 Å². The third kappa shape index (κ3) is 1.37. The molecule has 2 rings (SSSR count). The van der Waals surface area contributed by atoms with Crippen molar-refractivity contribution in [1.29, 1.82) is 0 Å². The minimum atomic E-state index is -0.626. The number of hydrogen-bond acceptors (Lipinski definition) is 1. The molecular weight excluding hydrogens is 155 g/mol. The Bertz CT molecular complexity index is 142. The molecule has 0 aromatic carbocycles. The monoisotopic (exact) mass is 172 g/mol. The molecule has 0 heterocycles. The Hall–Kier alpha value is -0.110. The van der Waals surface area contributed by atoms with Crippen LogP contribution in [-0.4, -0.2) is 17.4 Å². The van der Waals surface area contributed by atoms with Gasteiger partial charge in [0.15, 0.2) is 0 Å². The average Bonchev–Trinajstić information content (AvgIpc) is 2.12. The smallest absolute Gasteiger partial charge is 0.103 e. The van der Waals surface area contributed by atoms with Crippen LogP contribution in [0.15, 0.2) is 0 Å². The number of fused-ring (bicyclic) bond motifs is 1. The van der Waals surface area contributed by atoms with Crippen molar-refractivity contribution >= 4 is 0 Å². The van der Waals surface area contributed by atoms with Gasteiger partial charge >= 0.3 is 0 Å². The lowest BCUT2D eigenvalue weighted by molar-refractivity contribution is -0.0310. The Labute approximate surface area is 73.0 Å². The van der Waals surface area contributed by atoms with E-state index in [4.69, 9.17) is 0 Å². The summed E-state index contributed by atoms with van der Waals surface area (Å²) < 4.78 is 13.4. The summed E-state index contributed by atoms with van der Waals surface area (Å²) in [5.74, 6) is 0.463. The summed E-state index contributed by atoms with van der Waals surface area (Å²) in [6, 6.07) is 0. The fourth-order valence-corrected chi connectivity index (χ4v) is 2.87. The molecule has 2 fully saturated rings. The Morgan fingerprint density at radius 3 is 2.25 bits per heavy atom. The molecule has 0 radical (unpaired) electrons. The van der Waals surface area contributed by atoms with E-state index in [9.17, 15) is 9.50 Å². The van der Waals surface area contributed by atoms with Crippen LogP contribution in [0, 0.1) is 11.8 Å². The van der Waals surface area contributed by atoms with Crippen LogP contribution < -0.4 is 0 Å². The lowest BCUT2D eigenvalue weighted by atomic mass is 9.68. The molecule has 0 aromatic heterocycles. The zero-order chi connectivity index (χ0) is 8.55. The average molecular weight is 172 g/mol. The minimum Gasteiger partial charge on any atom is -0.393 e. The van der Waals surface area contributed by atoms with E-state index in [1.807, 2.05) is 0 Å². The summed E-state index contributed by atoms with van der Waals surface area (Å²) >= 11 is 0. The number of aliphatic hydroxyl groups is 1. The molecule has 0 aliphatic heterocycles. The second-order valence-corrected chi connectivity index (χ2v) is 4.27. The first kappa shape index (κ1) is 8.49. The van der Waals surface area contributed by atoms with E-state index < -0.39 is 6.17 Å². The molecule has 4 atom stereocenters. The lowest BCUT2D eigenvalue weighted by Gasteiger charge is -2.40. The summed E-state index contributed by atoms with van der Waals surface area (Å²) in [7, 11) is 0. The molecule has 1 nitrogen and oxygen atoms in total. The zero-order valence-corrected chi connectivity index (χ0v) is 7.38. The van der Waals surface area contributed by atoms with Gasteiger partial charge in [-0.1, -0.05) is 12.8 Å². The normalized spacial score (nSPS) is 48.5. The quantitative estimate of drug-likeness (QED) is 0.594. The molecule has 70 valence electrons. The third-order valence-electron chi connectivity index (χ3n) is 3.57. The Balaban J connectivity index is 2.05. The lowest BCUT2D eigenvalue weighted by Crippen LogP contribution is -2.40. The predicted molar refractivity (Wildman–Crippen MR) is 45.6 cm³/mol. The maximum Gasteiger partial charge on any atom is 0.103 e. The summed E-state index contributed by atoms with van der Waals surface area (Å²) in [5.41, 5.74) is 0.